The summed E-state index contributed by atoms with van der Waals surface area (Å²) in [5, 5.41) is 2.82. The maximum atomic E-state index is 12.3. The lowest BCUT2D eigenvalue weighted by Gasteiger charge is -2.22. The van der Waals surface area contributed by atoms with Crippen molar-refractivity contribution in [3.8, 4) is 11.5 Å². The number of benzene rings is 2. The van der Waals surface area contributed by atoms with Crippen molar-refractivity contribution in [2.75, 3.05) is 26.1 Å². The van der Waals surface area contributed by atoms with Gasteiger partial charge >= 0.3 is 0 Å². The summed E-state index contributed by atoms with van der Waals surface area (Å²) in [5.74, 6) is 0.916. The largest absolute Gasteiger partial charge is 0.497 e. The number of carbonyl (C=O) groups is 2. The van der Waals surface area contributed by atoms with Gasteiger partial charge in [-0.1, -0.05) is 24.3 Å². The maximum Gasteiger partial charge on any atom is 0.226 e. The number of hydrogen-bond acceptors (Lipinski definition) is 4. The van der Waals surface area contributed by atoms with Gasteiger partial charge < -0.3 is 19.7 Å². The Morgan fingerprint density at radius 1 is 1.07 bits per heavy atom. The molecule has 144 valence electrons. The molecule has 2 amide bonds. The predicted molar refractivity (Wildman–Crippen MR) is 105 cm³/mol. The second-order valence-corrected chi connectivity index (χ2v) is 6.23. The minimum atomic E-state index is -0.186. The van der Waals surface area contributed by atoms with Gasteiger partial charge in [-0.3, -0.25) is 9.59 Å². The SMILES string of the molecule is COc1ccc(NC(=O)CCN(Cc2ccccc2C)C(C)=O)c(OC)c1. The van der Waals surface area contributed by atoms with Gasteiger partial charge in [0.25, 0.3) is 0 Å². The van der Waals surface area contributed by atoms with E-state index in [1.54, 1.807) is 30.2 Å². The second kappa shape index (κ2) is 9.62. The van der Waals surface area contributed by atoms with Crippen LogP contribution in [-0.2, 0) is 16.1 Å². The minimum Gasteiger partial charge on any atom is -0.497 e. The lowest BCUT2D eigenvalue weighted by atomic mass is 10.1. The molecule has 2 rings (SSSR count). The highest BCUT2D eigenvalue weighted by molar-refractivity contribution is 5.92. The second-order valence-electron chi connectivity index (χ2n) is 6.23. The molecule has 0 saturated carbocycles. The number of anilines is 1. The summed E-state index contributed by atoms with van der Waals surface area (Å²) in [6.07, 6.45) is 0.195. The zero-order chi connectivity index (χ0) is 19.8. The molecule has 0 bridgehead atoms. The molecule has 0 aliphatic carbocycles. The van der Waals surface area contributed by atoms with E-state index in [0.29, 0.717) is 30.3 Å². The number of methoxy groups -OCH3 is 2. The topological polar surface area (TPSA) is 67.9 Å². The summed E-state index contributed by atoms with van der Waals surface area (Å²) in [6, 6.07) is 13.1. The molecule has 0 radical (unpaired) electrons. The van der Waals surface area contributed by atoms with Gasteiger partial charge in [0.2, 0.25) is 11.8 Å². The molecule has 0 saturated heterocycles. The number of ether oxygens (including phenoxy) is 2. The van der Waals surface area contributed by atoms with Crippen LogP contribution >= 0.6 is 0 Å². The first-order valence-corrected chi connectivity index (χ1v) is 8.76. The van der Waals surface area contributed by atoms with E-state index >= 15 is 0 Å². The molecule has 0 atom stereocenters. The van der Waals surface area contributed by atoms with E-state index in [9.17, 15) is 9.59 Å². The van der Waals surface area contributed by atoms with Gasteiger partial charge in [-0.25, -0.2) is 0 Å². The van der Waals surface area contributed by atoms with Crippen LogP contribution in [0.5, 0.6) is 11.5 Å². The Labute approximate surface area is 160 Å². The van der Waals surface area contributed by atoms with E-state index < -0.39 is 0 Å². The van der Waals surface area contributed by atoms with Gasteiger partial charge in [0.1, 0.15) is 11.5 Å². The number of carbonyl (C=O) groups excluding carboxylic acids is 2. The fourth-order valence-corrected chi connectivity index (χ4v) is 2.69. The number of rotatable bonds is 8. The highest BCUT2D eigenvalue weighted by Gasteiger charge is 2.14. The van der Waals surface area contributed by atoms with Crippen molar-refractivity contribution in [3.63, 3.8) is 0 Å². The molecule has 1 N–H and O–H groups in total. The van der Waals surface area contributed by atoms with Crippen molar-refractivity contribution >= 4 is 17.5 Å². The zero-order valence-corrected chi connectivity index (χ0v) is 16.2. The van der Waals surface area contributed by atoms with Crippen molar-refractivity contribution in [3.05, 3.63) is 53.6 Å². The molecule has 0 aliphatic rings. The van der Waals surface area contributed by atoms with Crippen molar-refractivity contribution < 1.29 is 19.1 Å². The van der Waals surface area contributed by atoms with Crippen LogP contribution in [-0.4, -0.2) is 37.5 Å². The Morgan fingerprint density at radius 3 is 2.44 bits per heavy atom. The van der Waals surface area contributed by atoms with Gasteiger partial charge in [0.05, 0.1) is 19.9 Å². The number of amides is 2. The summed E-state index contributed by atoms with van der Waals surface area (Å²) >= 11 is 0. The Balaban J connectivity index is 1.98. The lowest BCUT2D eigenvalue weighted by Crippen LogP contribution is -2.31. The Bertz CT molecular complexity index is 805. The highest BCUT2D eigenvalue weighted by atomic mass is 16.5. The minimum absolute atomic E-state index is 0.0620. The van der Waals surface area contributed by atoms with Crippen LogP contribution in [0.25, 0.3) is 0 Å². The molecular weight excluding hydrogens is 344 g/mol. The number of hydrogen-bond donors (Lipinski definition) is 1. The standard InChI is InChI=1S/C21H26N2O4/c1-15-7-5-6-8-17(15)14-23(16(2)24)12-11-21(25)22-19-10-9-18(26-3)13-20(19)27-4/h5-10,13H,11-12,14H2,1-4H3,(H,22,25). The first kappa shape index (κ1) is 20.3. The molecule has 0 heterocycles. The Morgan fingerprint density at radius 2 is 1.81 bits per heavy atom. The molecule has 6 nitrogen and oxygen atoms in total. The van der Waals surface area contributed by atoms with Gasteiger partial charge in [-0.15, -0.1) is 0 Å². The Hall–Kier alpha value is -3.02. The van der Waals surface area contributed by atoms with E-state index in [1.807, 2.05) is 31.2 Å². The molecular formula is C21H26N2O4. The number of nitrogens with one attached hydrogen (secondary N) is 1. The normalized spacial score (nSPS) is 10.2. The van der Waals surface area contributed by atoms with E-state index in [1.165, 1.54) is 14.0 Å². The molecule has 0 unspecified atom stereocenters. The molecule has 27 heavy (non-hydrogen) atoms. The van der Waals surface area contributed by atoms with Gasteiger partial charge in [-0.2, -0.15) is 0 Å². The van der Waals surface area contributed by atoms with Crippen LogP contribution in [0.3, 0.4) is 0 Å². The van der Waals surface area contributed by atoms with E-state index in [2.05, 4.69) is 5.32 Å². The molecule has 2 aromatic carbocycles. The molecule has 6 heteroatoms. The molecule has 0 fully saturated rings. The van der Waals surface area contributed by atoms with Crippen LogP contribution in [0.15, 0.2) is 42.5 Å². The summed E-state index contributed by atoms with van der Waals surface area (Å²) in [5.41, 5.74) is 2.76. The predicted octanol–water partition coefficient (Wildman–Crippen LogP) is 3.39. The van der Waals surface area contributed by atoms with Crippen molar-refractivity contribution in [1.82, 2.24) is 4.90 Å². The van der Waals surface area contributed by atoms with Crippen LogP contribution in [0.1, 0.15) is 24.5 Å². The first-order valence-electron chi connectivity index (χ1n) is 8.76. The average Bonchev–Trinajstić information content (AvgIpc) is 2.66. The monoisotopic (exact) mass is 370 g/mol. The quantitative estimate of drug-likeness (QED) is 0.773. The fourth-order valence-electron chi connectivity index (χ4n) is 2.69. The molecule has 0 aliphatic heterocycles. The van der Waals surface area contributed by atoms with Crippen molar-refractivity contribution in [1.29, 1.82) is 0 Å². The smallest absolute Gasteiger partial charge is 0.226 e. The fraction of sp³-hybridized carbons (Fsp3) is 0.333. The first-order chi connectivity index (χ1) is 12.9. The van der Waals surface area contributed by atoms with Crippen molar-refractivity contribution in [2.24, 2.45) is 0 Å². The third-order valence-corrected chi connectivity index (χ3v) is 4.36. The van der Waals surface area contributed by atoms with Gasteiger partial charge in [-0.05, 0) is 30.2 Å². The summed E-state index contributed by atoms with van der Waals surface area (Å²) in [4.78, 5) is 26.0. The average molecular weight is 370 g/mol. The van der Waals surface area contributed by atoms with Crippen LogP contribution in [0, 0.1) is 6.92 Å². The zero-order valence-electron chi connectivity index (χ0n) is 16.2. The van der Waals surface area contributed by atoms with Crippen LogP contribution < -0.4 is 14.8 Å². The van der Waals surface area contributed by atoms with Gasteiger partial charge in [0, 0.05) is 32.5 Å². The summed E-state index contributed by atoms with van der Waals surface area (Å²) in [6.45, 7) is 4.36. The number of aryl methyl sites for hydroxylation is 1. The van der Waals surface area contributed by atoms with E-state index in [0.717, 1.165) is 11.1 Å². The Kier molecular flexibility index (Phi) is 7.23. The highest BCUT2D eigenvalue weighted by Crippen LogP contribution is 2.29. The third kappa shape index (κ3) is 5.74. The maximum absolute atomic E-state index is 12.3. The van der Waals surface area contributed by atoms with E-state index in [-0.39, 0.29) is 18.2 Å². The number of nitrogens with zero attached hydrogens (tertiary/aromatic N) is 1. The van der Waals surface area contributed by atoms with Gasteiger partial charge in [0.15, 0.2) is 0 Å². The third-order valence-electron chi connectivity index (χ3n) is 4.36. The molecule has 0 spiro atoms. The lowest BCUT2D eigenvalue weighted by molar-refractivity contribution is -0.129. The van der Waals surface area contributed by atoms with Crippen molar-refractivity contribution in [2.45, 2.75) is 26.8 Å². The van der Waals surface area contributed by atoms with E-state index in [4.69, 9.17) is 9.47 Å². The summed E-state index contributed by atoms with van der Waals surface area (Å²) < 4.78 is 10.4. The molecule has 0 aromatic heterocycles. The van der Waals surface area contributed by atoms with Crippen LogP contribution in [0.4, 0.5) is 5.69 Å². The van der Waals surface area contributed by atoms with Crippen LogP contribution in [0.2, 0.25) is 0 Å². The molecule has 2 aromatic rings. The summed E-state index contributed by atoms with van der Waals surface area (Å²) in [7, 11) is 3.10.